The van der Waals surface area contributed by atoms with Gasteiger partial charge in [0.05, 0.1) is 26.4 Å². The van der Waals surface area contributed by atoms with E-state index in [4.69, 9.17) is 32.3 Å². The van der Waals surface area contributed by atoms with Gasteiger partial charge in [0.1, 0.15) is 25.4 Å². The maximum Gasteiger partial charge on any atom is 0.472 e. The zero-order valence-corrected chi connectivity index (χ0v) is 61.4. The van der Waals surface area contributed by atoms with E-state index in [0.29, 0.717) is 19.3 Å². The van der Waals surface area contributed by atoms with Crippen molar-refractivity contribution in [2.24, 2.45) is 0 Å². The van der Waals surface area contributed by atoms with E-state index in [-0.39, 0.29) is 19.3 Å². The summed E-state index contributed by atoms with van der Waals surface area (Å²) in [5.41, 5.74) is 0. The highest BCUT2D eigenvalue weighted by Crippen LogP contribution is 2.45. The highest BCUT2D eigenvalue weighted by atomic mass is 31.2. The molecule has 0 saturated heterocycles. The zero-order valence-electron chi connectivity index (χ0n) is 59.6. The van der Waals surface area contributed by atoms with E-state index < -0.39 is 91.5 Å². The fraction of sp³-hybridized carbons (Fsp3) is 0.727. The number of hydrogen-bond donors (Lipinski definition) is 4. The monoisotopic (exact) mass is 1380 g/mol. The topological polar surface area (TPSA) is 231 Å². The van der Waals surface area contributed by atoms with Crippen molar-refractivity contribution in [1.82, 2.24) is 0 Å². The van der Waals surface area contributed by atoms with Gasteiger partial charge in [0.15, 0.2) is 6.10 Å². The molecule has 0 aliphatic rings. The molecule has 16 nitrogen and oxygen atoms in total. The Morgan fingerprint density at radius 1 is 0.305 bits per heavy atom. The number of unbranched alkanes of at least 4 members (excludes halogenated alkanes) is 29. The van der Waals surface area contributed by atoms with E-state index in [2.05, 4.69) is 130 Å². The molecule has 0 aromatic carbocycles. The van der Waals surface area contributed by atoms with Crippen LogP contribution in [-0.4, -0.2) is 95.9 Å². The molecule has 0 aromatic rings. The van der Waals surface area contributed by atoms with Crippen molar-refractivity contribution < 1.29 is 75.8 Å². The van der Waals surface area contributed by atoms with Crippen LogP contribution in [0.5, 0.6) is 0 Å². The average molecular weight is 1380 g/mol. The van der Waals surface area contributed by atoms with Crippen LogP contribution in [0.4, 0.5) is 0 Å². The number of ether oxygens (including phenoxy) is 3. The molecule has 0 aromatic heterocycles. The van der Waals surface area contributed by atoms with Gasteiger partial charge in [-0.1, -0.05) is 265 Å². The third kappa shape index (κ3) is 71.3. The molecule has 0 radical (unpaired) electrons. The molecule has 0 saturated carbocycles. The average Bonchev–Trinajstić information content (AvgIpc) is 1.75. The number of aliphatic hydroxyl groups is 2. The lowest BCUT2D eigenvalue weighted by Crippen LogP contribution is -2.30. The van der Waals surface area contributed by atoms with Gasteiger partial charge in [0, 0.05) is 19.3 Å². The lowest BCUT2D eigenvalue weighted by atomic mass is 10.0. The molecule has 0 amide bonds. The van der Waals surface area contributed by atoms with E-state index in [1.807, 2.05) is 0 Å². The second-order valence-electron chi connectivity index (χ2n) is 24.7. The lowest BCUT2D eigenvalue weighted by molar-refractivity contribution is -0.161. The maximum atomic E-state index is 12.9. The molecule has 18 heteroatoms. The number of esters is 3. The fourth-order valence-corrected chi connectivity index (χ4v) is 11.4. The van der Waals surface area contributed by atoms with Crippen molar-refractivity contribution in [3.63, 3.8) is 0 Å². The Bertz CT molecular complexity index is 2170. The molecule has 0 aliphatic carbocycles. The van der Waals surface area contributed by atoms with Crippen molar-refractivity contribution in [2.45, 2.75) is 322 Å². The number of rotatable bonds is 70. The Morgan fingerprint density at radius 3 is 0.916 bits per heavy atom. The van der Waals surface area contributed by atoms with E-state index >= 15 is 0 Å². The summed E-state index contributed by atoms with van der Waals surface area (Å²) in [7, 11) is -9.78. The molecule has 5 unspecified atom stereocenters. The molecule has 5 atom stereocenters. The third-order valence-electron chi connectivity index (χ3n) is 15.5. The number of hydrogen-bond acceptors (Lipinski definition) is 14. The predicted octanol–water partition coefficient (Wildman–Crippen LogP) is 21.2. The summed E-state index contributed by atoms with van der Waals surface area (Å²) < 4.78 is 60.9. The van der Waals surface area contributed by atoms with E-state index in [1.165, 1.54) is 96.3 Å². The van der Waals surface area contributed by atoms with Gasteiger partial charge in [0.2, 0.25) is 0 Å². The fourth-order valence-electron chi connectivity index (χ4n) is 9.78. The van der Waals surface area contributed by atoms with Gasteiger partial charge in [-0.2, -0.15) is 0 Å². The molecule has 0 aliphatic heterocycles. The summed E-state index contributed by atoms with van der Waals surface area (Å²) in [5.74, 6) is -1.60. The Kier molecular flexibility index (Phi) is 67.3. The predicted molar refractivity (Wildman–Crippen MR) is 390 cm³/mol. The van der Waals surface area contributed by atoms with Crippen molar-refractivity contribution in [3.8, 4) is 0 Å². The first-order valence-corrected chi connectivity index (χ1v) is 40.2. The van der Waals surface area contributed by atoms with Gasteiger partial charge < -0.3 is 34.2 Å². The van der Waals surface area contributed by atoms with Crippen LogP contribution in [0.25, 0.3) is 0 Å². The minimum atomic E-state index is -4.93. The van der Waals surface area contributed by atoms with Gasteiger partial charge in [-0.3, -0.25) is 32.5 Å². The molecule has 0 spiro atoms. The van der Waals surface area contributed by atoms with E-state index in [0.717, 1.165) is 148 Å². The number of carbonyl (C=O) groups excluding carboxylic acids is 3. The summed E-state index contributed by atoms with van der Waals surface area (Å²) >= 11 is 0. The van der Waals surface area contributed by atoms with Crippen LogP contribution in [0.1, 0.15) is 303 Å². The van der Waals surface area contributed by atoms with Gasteiger partial charge in [-0.15, -0.1) is 0 Å². The van der Waals surface area contributed by atoms with Gasteiger partial charge in [-0.05, 0) is 128 Å². The minimum absolute atomic E-state index is 0.0919. The first-order chi connectivity index (χ1) is 46.2. The first-order valence-electron chi connectivity index (χ1n) is 37.2. The van der Waals surface area contributed by atoms with Gasteiger partial charge >= 0.3 is 33.6 Å². The summed E-state index contributed by atoms with van der Waals surface area (Å²) in [6, 6.07) is 0. The molecular formula is C77H134O16P2. The highest BCUT2D eigenvalue weighted by molar-refractivity contribution is 7.47. The number of phosphoric ester groups is 2. The van der Waals surface area contributed by atoms with Crippen molar-refractivity contribution >= 4 is 33.6 Å². The lowest BCUT2D eigenvalue weighted by Gasteiger charge is -2.21. The standard InChI is InChI=1S/C77H134O16P2/c1-4-7-10-13-16-19-22-25-27-28-29-30-31-32-33-34-35-36-37-38-39-40-41-42-44-47-48-51-54-57-60-63-75(80)87-66-72(78)67-89-94(83,84)90-68-73(79)69-91-95(85,86)92-71-74(93-77(82)65-62-59-56-53-50-45-24-21-18-15-12-9-6-3)70-88-76(81)64-61-58-55-52-49-46-43-26-23-20-17-14-11-8-5-2/h7,10,16-17,19-21,24-27,29-30,32-33,35-36,43,72-74,78-79H,4-6,8-9,11-15,18,22-23,28,31,34,37-42,44-71H2,1-3H3,(H,83,84)(H,85,86)/b10-7-,19-16-,20-17-,24-21-,27-25-,30-29-,33-32-,36-35-,43-26-. The molecule has 95 heavy (non-hydrogen) atoms. The minimum Gasteiger partial charge on any atom is -0.463 e. The van der Waals surface area contributed by atoms with Crippen molar-refractivity contribution in [2.75, 3.05) is 39.6 Å². The number of phosphoric acid groups is 2. The summed E-state index contributed by atoms with van der Waals surface area (Å²) in [6.07, 6.45) is 80.1. The molecule has 0 heterocycles. The zero-order chi connectivity index (χ0) is 69.5. The van der Waals surface area contributed by atoms with Crippen LogP contribution in [-0.2, 0) is 55.8 Å². The Labute approximate surface area is 577 Å². The van der Waals surface area contributed by atoms with Crippen LogP contribution in [0.2, 0.25) is 0 Å². The normalized spacial score (nSPS) is 14.7. The van der Waals surface area contributed by atoms with Crippen molar-refractivity contribution in [1.29, 1.82) is 0 Å². The summed E-state index contributed by atoms with van der Waals surface area (Å²) in [5, 5.41) is 20.6. The molecule has 548 valence electrons. The Balaban J connectivity index is 4.43. The first kappa shape index (κ1) is 91.2. The Hall–Kier alpha value is -3.79. The maximum absolute atomic E-state index is 12.9. The van der Waals surface area contributed by atoms with Crippen LogP contribution >= 0.6 is 15.6 Å². The van der Waals surface area contributed by atoms with E-state index in [9.17, 15) is 43.5 Å². The van der Waals surface area contributed by atoms with Crippen LogP contribution in [0.15, 0.2) is 109 Å². The number of allylic oxidation sites excluding steroid dienone is 18. The van der Waals surface area contributed by atoms with Crippen LogP contribution < -0.4 is 0 Å². The summed E-state index contributed by atoms with van der Waals surface area (Å²) in [6.45, 7) is 2.50. The van der Waals surface area contributed by atoms with Crippen LogP contribution in [0, 0.1) is 0 Å². The largest absolute Gasteiger partial charge is 0.472 e. The number of carbonyl (C=O) groups is 3. The molecular weight excluding hydrogens is 1240 g/mol. The summed E-state index contributed by atoms with van der Waals surface area (Å²) in [4.78, 5) is 58.4. The van der Waals surface area contributed by atoms with Crippen LogP contribution in [0.3, 0.4) is 0 Å². The smallest absolute Gasteiger partial charge is 0.463 e. The Morgan fingerprint density at radius 2 is 0.558 bits per heavy atom. The quantitative estimate of drug-likeness (QED) is 0.0146. The highest BCUT2D eigenvalue weighted by Gasteiger charge is 2.29. The SMILES string of the molecule is CC/C=C\C/C=C\C/C=C\C/C=C\C/C=C\C/C=C\CCCCCCCCCCCCCCC(=O)OCC(O)COP(=O)(O)OCC(O)COP(=O)(O)OCC(COC(=O)CCCCCCC/C=C\C/C=C\CCCCC)OC(=O)CCCCCCC/C=C\CCCCCC. The molecule has 0 rings (SSSR count). The van der Waals surface area contributed by atoms with Crippen molar-refractivity contribution in [3.05, 3.63) is 109 Å². The van der Waals surface area contributed by atoms with Gasteiger partial charge in [-0.25, -0.2) is 9.13 Å². The number of aliphatic hydroxyl groups excluding tert-OH is 2. The van der Waals surface area contributed by atoms with E-state index in [1.54, 1.807) is 0 Å². The molecule has 4 N–H and O–H groups in total. The molecule has 0 bridgehead atoms. The van der Waals surface area contributed by atoms with Gasteiger partial charge in [0.25, 0.3) is 0 Å². The second kappa shape index (κ2) is 70.1. The third-order valence-corrected chi connectivity index (χ3v) is 17.4. The molecule has 0 fully saturated rings. The second-order valence-corrected chi connectivity index (χ2v) is 27.6.